The van der Waals surface area contributed by atoms with E-state index in [2.05, 4.69) is 16.1 Å². The summed E-state index contributed by atoms with van der Waals surface area (Å²) in [4.78, 5) is 82.1. The van der Waals surface area contributed by atoms with Gasteiger partial charge in [-0.25, -0.2) is 9.80 Å². The van der Waals surface area contributed by atoms with Crippen molar-refractivity contribution in [1.29, 1.82) is 0 Å². The first-order valence-electron chi connectivity index (χ1n) is 9.91. The first kappa shape index (κ1) is 27.3. The molecule has 0 bridgehead atoms. The second-order valence-corrected chi connectivity index (χ2v) is 7.01. The summed E-state index contributed by atoms with van der Waals surface area (Å²) in [6.07, 6.45) is -3.18. The van der Waals surface area contributed by atoms with Gasteiger partial charge in [-0.1, -0.05) is 0 Å². The number of primary amides is 1. The van der Waals surface area contributed by atoms with Crippen LogP contribution in [0.15, 0.2) is 0 Å². The molecule has 1 fully saturated rings. The molecule has 1 rings (SSSR count). The van der Waals surface area contributed by atoms with E-state index in [1.165, 1.54) is 13.8 Å². The average Bonchev–Trinajstić information content (AvgIpc) is 3.51. The highest BCUT2D eigenvalue weighted by Crippen LogP contribution is 2.25. The van der Waals surface area contributed by atoms with Gasteiger partial charge in [0.25, 0.3) is 11.8 Å². The highest BCUT2D eigenvalue weighted by Gasteiger charge is 2.53. The van der Waals surface area contributed by atoms with Gasteiger partial charge in [0, 0.05) is 6.42 Å². The number of epoxide rings is 1. The zero-order valence-electron chi connectivity index (χ0n) is 18.3. The van der Waals surface area contributed by atoms with Crippen LogP contribution in [0.2, 0.25) is 0 Å². The van der Waals surface area contributed by atoms with Gasteiger partial charge in [-0.15, -0.1) is 0 Å². The number of aliphatic carboxylic acids is 1. The fourth-order valence-electron chi connectivity index (χ4n) is 2.42. The number of nitrogens with two attached hydrogens (primary N) is 1. The first-order valence-corrected chi connectivity index (χ1v) is 9.91. The lowest BCUT2D eigenvalue weighted by molar-refractivity contribution is -0.146. The van der Waals surface area contributed by atoms with Crippen molar-refractivity contribution in [3.63, 3.8) is 0 Å². The zero-order chi connectivity index (χ0) is 25.3. The standard InChI is InChI=1S/C18H27N5O10/c1-4-32-18(31)14-13(33-14)17(30)23(7-10(19)24)22-16(29)9(3)21-15(28)8(2)20-11(25)5-6-12(26)27/h8-9,13-14H,4-7H2,1-3H3,(H2,19,24)(H,20,25)(H,21,28)(H,22,29)(H,26,27)/t8?,9-,13?,14?/m0/s1. The third-order valence-corrected chi connectivity index (χ3v) is 4.17. The summed E-state index contributed by atoms with van der Waals surface area (Å²) >= 11 is 0. The number of carboxylic acids is 1. The molecule has 1 heterocycles. The van der Waals surface area contributed by atoms with Crippen molar-refractivity contribution < 1.29 is 48.1 Å². The van der Waals surface area contributed by atoms with Crippen molar-refractivity contribution in [2.75, 3.05) is 13.2 Å². The van der Waals surface area contributed by atoms with E-state index in [0.717, 1.165) is 0 Å². The lowest BCUT2D eigenvalue weighted by Gasteiger charge is -2.24. The van der Waals surface area contributed by atoms with Crippen LogP contribution < -0.4 is 21.8 Å². The number of hydrazine groups is 1. The third kappa shape index (κ3) is 9.10. The van der Waals surface area contributed by atoms with Crippen LogP contribution in [0.5, 0.6) is 0 Å². The van der Waals surface area contributed by atoms with E-state index in [0.29, 0.717) is 5.01 Å². The largest absolute Gasteiger partial charge is 0.481 e. The number of rotatable bonds is 12. The van der Waals surface area contributed by atoms with Gasteiger partial charge < -0.3 is 30.9 Å². The summed E-state index contributed by atoms with van der Waals surface area (Å²) in [6, 6.07) is -2.31. The van der Waals surface area contributed by atoms with Crippen LogP contribution in [0.1, 0.15) is 33.6 Å². The maximum Gasteiger partial charge on any atom is 0.338 e. The molecule has 1 aliphatic rings. The Morgan fingerprint density at radius 1 is 1.00 bits per heavy atom. The number of ether oxygens (including phenoxy) is 2. The predicted octanol–water partition coefficient (Wildman–Crippen LogP) is -3.46. The molecule has 0 saturated carbocycles. The number of nitrogens with zero attached hydrogens (tertiary/aromatic N) is 1. The lowest BCUT2D eigenvalue weighted by Crippen LogP contribution is -2.57. The second-order valence-electron chi connectivity index (χ2n) is 7.01. The highest BCUT2D eigenvalue weighted by atomic mass is 16.6. The Bertz CT molecular complexity index is 816. The predicted molar refractivity (Wildman–Crippen MR) is 106 cm³/mol. The molecule has 1 saturated heterocycles. The van der Waals surface area contributed by atoms with Gasteiger partial charge >= 0.3 is 11.9 Å². The Morgan fingerprint density at radius 2 is 1.61 bits per heavy atom. The fraction of sp³-hybridized carbons (Fsp3) is 0.611. The van der Waals surface area contributed by atoms with Crippen molar-refractivity contribution in [3.05, 3.63) is 0 Å². The molecule has 6 N–H and O–H groups in total. The molecule has 15 heteroatoms. The van der Waals surface area contributed by atoms with Gasteiger partial charge in [0.2, 0.25) is 17.7 Å². The fourth-order valence-corrected chi connectivity index (χ4v) is 2.42. The van der Waals surface area contributed by atoms with E-state index in [9.17, 15) is 33.6 Å². The highest BCUT2D eigenvalue weighted by molar-refractivity contribution is 5.97. The van der Waals surface area contributed by atoms with Gasteiger partial charge in [-0.2, -0.15) is 0 Å². The number of hydrogen-bond donors (Lipinski definition) is 5. The number of hydrogen-bond acceptors (Lipinski definition) is 9. The molecule has 3 unspecified atom stereocenters. The van der Waals surface area contributed by atoms with Crippen LogP contribution in [-0.2, 0) is 43.0 Å². The van der Waals surface area contributed by atoms with E-state index in [-0.39, 0.29) is 13.0 Å². The van der Waals surface area contributed by atoms with Crippen molar-refractivity contribution in [3.8, 4) is 0 Å². The Balaban J connectivity index is 2.64. The molecule has 4 atom stereocenters. The summed E-state index contributed by atoms with van der Waals surface area (Å²) in [5, 5.41) is 13.7. The molecule has 0 spiro atoms. The molecule has 5 amide bonds. The average molecular weight is 473 g/mol. The molecule has 0 radical (unpaired) electrons. The van der Waals surface area contributed by atoms with Crippen LogP contribution in [0.3, 0.4) is 0 Å². The van der Waals surface area contributed by atoms with Crippen LogP contribution in [0, 0.1) is 0 Å². The number of nitrogens with one attached hydrogen (secondary N) is 3. The Kier molecular flexibility index (Phi) is 10.2. The molecule has 0 aromatic carbocycles. The maximum absolute atomic E-state index is 12.5. The summed E-state index contributed by atoms with van der Waals surface area (Å²) in [7, 11) is 0. The number of amides is 5. The molecule has 0 aromatic heterocycles. The minimum Gasteiger partial charge on any atom is -0.481 e. The minimum absolute atomic E-state index is 0.0665. The monoisotopic (exact) mass is 473 g/mol. The molecular weight excluding hydrogens is 446 g/mol. The van der Waals surface area contributed by atoms with Crippen molar-refractivity contribution in [2.24, 2.45) is 5.73 Å². The smallest absolute Gasteiger partial charge is 0.338 e. The van der Waals surface area contributed by atoms with Crippen LogP contribution >= 0.6 is 0 Å². The summed E-state index contributed by atoms with van der Waals surface area (Å²) in [6.45, 7) is 3.50. The molecule has 184 valence electrons. The maximum atomic E-state index is 12.5. The molecule has 15 nitrogen and oxygen atoms in total. The number of carboxylic acid groups (broad SMARTS) is 1. The number of carbonyl (C=O) groups excluding carboxylic acids is 6. The van der Waals surface area contributed by atoms with Crippen LogP contribution in [0.25, 0.3) is 0 Å². The summed E-state index contributed by atoms with van der Waals surface area (Å²) in [5.74, 6) is -6.17. The van der Waals surface area contributed by atoms with E-state index in [1.807, 2.05) is 0 Å². The molecule has 1 aliphatic heterocycles. The minimum atomic E-state index is -1.27. The van der Waals surface area contributed by atoms with Gasteiger partial charge in [0.05, 0.1) is 13.0 Å². The lowest BCUT2D eigenvalue weighted by atomic mass is 10.2. The van der Waals surface area contributed by atoms with Gasteiger partial charge in [-0.3, -0.25) is 34.2 Å². The zero-order valence-corrected chi connectivity index (χ0v) is 18.3. The van der Waals surface area contributed by atoms with Crippen LogP contribution in [0.4, 0.5) is 0 Å². The van der Waals surface area contributed by atoms with E-state index in [1.54, 1.807) is 6.92 Å². The first-order chi connectivity index (χ1) is 15.4. The Labute approximate surface area is 188 Å². The molecule has 0 aromatic rings. The Hall–Kier alpha value is -3.75. The van der Waals surface area contributed by atoms with Crippen molar-refractivity contribution in [2.45, 2.75) is 57.9 Å². The topological polar surface area (TPSA) is 227 Å². The SMILES string of the molecule is CCOC(=O)C1OC1C(=O)N(CC(N)=O)NC(=O)[C@H](C)NC(=O)C(C)NC(=O)CCC(=O)O. The van der Waals surface area contributed by atoms with Crippen LogP contribution in [-0.4, -0.2) is 89.0 Å². The molecule has 33 heavy (non-hydrogen) atoms. The quantitative estimate of drug-likeness (QED) is 0.107. The van der Waals surface area contributed by atoms with Gasteiger partial charge in [0.15, 0.2) is 12.2 Å². The van der Waals surface area contributed by atoms with Crippen molar-refractivity contribution in [1.82, 2.24) is 21.1 Å². The second kappa shape index (κ2) is 12.3. The molecular formula is C18H27N5O10. The van der Waals surface area contributed by atoms with E-state index >= 15 is 0 Å². The van der Waals surface area contributed by atoms with E-state index in [4.69, 9.17) is 20.3 Å². The normalized spacial score (nSPS) is 18.2. The number of carbonyl (C=O) groups is 7. The third-order valence-electron chi connectivity index (χ3n) is 4.17. The Morgan fingerprint density at radius 3 is 2.15 bits per heavy atom. The van der Waals surface area contributed by atoms with Crippen molar-refractivity contribution >= 4 is 41.5 Å². The van der Waals surface area contributed by atoms with Gasteiger partial charge in [0.1, 0.15) is 18.6 Å². The summed E-state index contributed by atoms with van der Waals surface area (Å²) < 4.78 is 9.68. The molecule has 0 aliphatic carbocycles. The number of esters is 1. The van der Waals surface area contributed by atoms with E-state index < -0.39 is 78.7 Å². The van der Waals surface area contributed by atoms with Gasteiger partial charge in [-0.05, 0) is 20.8 Å². The summed E-state index contributed by atoms with van der Waals surface area (Å²) in [5.41, 5.74) is 7.22.